The van der Waals surface area contributed by atoms with Crippen molar-refractivity contribution in [2.45, 2.75) is 32.1 Å². The molecule has 0 radical (unpaired) electrons. The second-order valence-electron chi connectivity index (χ2n) is 6.52. The zero-order chi connectivity index (χ0) is 16.2. The molecule has 1 unspecified atom stereocenters. The minimum atomic E-state index is 0.361. The van der Waals surface area contributed by atoms with E-state index in [-0.39, 0.29) is 0 Å². The molecule has 0 saturated carbocycles. The number of allylic oxidation sites excluding steroid dienone is 2. The first kappa shape index (κ1) is 15.1. The van der Waals surface area contributed by atoms with Crippen LogP contribution in [0.5, 0.6) is 0 Å². The van der Waals surface area contributed by atoms with Gasteiger partial charge in [-0.2, -0.15) is 5.10 Å². The zero-order valence-electron chi connectivity index (χ0n) is 13.9. The topological polar surface area (TPSA) is 24.7 Å². The van der Waals surface area contributed by atoms with E-state index in [1.54, 1.807) is 0 Å². The molecule has 1 atom stereocenters. The van der Waals surface area contributed by atoms with Crippen LogP contribution in [0.4, 0.5) is 0 Å². The summed E-state index contributed by atoms with van der Waals surface area (Å²) in [6.07, 6.45) is 8.55. The normalized spacial score (nSPS) is 20.8. The van der Waals surface area contributed by atoms with Gasteiger partial charge in [-0.05, 0) is 30.4 Å². The molecule has 0 N–H and O–H groups in total. The molecule has 2 aliphatic rings. The molecule has 0 aromatic heterocycles. The van der Waals surface area contributed by atoms with Gasteiger partial charge in [0.25, 0.3) is 0 Å². The Bertz CT molecular complexity index is 785. The van der Waals surface area contributed by atoms with E-state index in [4.69, 9.17) is 0 Å². The molecule has 0 saturated heterocycles. The Balaban J connectivity index is 1.83. The smallest absolute Gasteiger partial charge is 0.0964 e. The average molecular weight is 314 g/mol. The third-order valence-corrected chi connectivity index (χ3v) is 4.91. The van der Waals surface area contributed by atoms with Crippen molar-refractivity contribution in [3.05, 3.63) is 83.4 Å². The van der Waals surface area contributed by atoms with Gasteiger partial charge in [0.15, 0.2) is 0 Å². The molecule has 1 aliphatic heterocycles. The zero-order valence-corrected chi connectivity index (χ0v) is 13.9. The lowest BCUT2D eigenvalue weighted by Gasteiger charge is -2.28. The maximum atomic E-state index is 4.68. The third-order valence-electron chi connectivity index (χ3n) is 4.91. The van der Waals surface area contributed by atoms with Crippen molar-refractivity contribution in [3.8, 4) is 0 Å². The van der Waals surface area contributed by atoms with Gasteiger partial charge in [0.1, 0.15) is 0 Å². The van der Waals surface area contributed by atoms with Crippen molar-refractivity contribution in [3.63, 3.8) is 0 Å². The van der Waals surface area contributed by atoms with Crippen LogP contribution in [-0.4, -0.2) is 11.4 Å². The largest absolute Gasteiger partial charge is 0.154 e. The Morgan fingerprint density at radius 2 is 1.42 bits per heavy atom. The lowest BCUT2D eigenvalue weighted by Crippen LogP contribution is -2.27. The maximum Gasteiger partial charge on any atom is 0.0964 e. The molecule has 2 nitrogen and oxygen atoms in total. The molecular weight excluding hydrogens is 292 g/mol. The minimum Gasteiger partial charge on any atom is -0.154 e. The first-order valence-electron chi connectivity index (χ1n) is 8.90. The second kappa shape index (κ2) is 6.96. The van der Waals surface area contributed by atoms with E-state index in [0.717, 1.165) is 24.3 Å². The summed E-state index contributed by atoms with van der Waals surface area (Å²) in [6, 6.07) is 21.0. The number of nitrogens with zero attached hydrogens (tertiary/aromatic N) is 2. The Hall–Kier alpha value is -2.48. The fourth-order valence-electron chi connectivity index (χ4n) is 3.69. The van der Waals surface area contributed by atoms with Crippen LogP contribution in [0, 0.1) is 5.92 Å². The molecule has 2 aromatic carbocycles. The molecule has 2 aromatic rings. The van der Waals surface area contributed by atoms with E-state index in [2.05, 4.69) is 76.9 Å². The Labute approximate surface area is 143 Å². The molecule has 0 amide bonds. The van der Waals surface area contributed by atoms with Gasteiger partial charge in [0, 0.05) is 11.5 Å². The van der Waals surface area contributed by atoms with Gasteiger partial charge in [-0.1, -0.05) is 79.6 Å². The predicted molar refractivity (Wildman–Crippen MR) is 101 cm³/mol. The maximum absolute atomic E-state index is 4.68. The van der Waals surface area contributed by atoms with Crippen LogP contribution < -0.4 is 0 Å². The fourth-order valence-corrected chi connectivity index (χ4v) is 3.69. The van der Waals surface area contributed by atoms with Crippen LogP contribution in [-0.2, 0) is 0 Å². The van der Waals surface area contributed by atoms with Crippen LogP contribution in [0.25, 0.3) is 0 Å². The van der Waals surface area contributed by atoms with Crippen LogP contribution in [0.15, 0.2) is 82.5 Å². The van der Waals surface area contributed by atoms with E-state index >= 15 is 0 Å². The summed E-state index contributed by atoms with van der Waals surface area (Å²) in [6.45, 7) is 0. The van der Waals surface area contributed by atoms with Gasteiger partial charge < -0.3 is 0 Å². The summed E-state index contributed by atoms with van der Waals surface area (Å²) in [5, 5.41) is 9.33. The van der Waals surface area contributed by atoms with Gasteiger partial charge in [0.05, 0.1) is 11.4 Å². The van der Waals surface area contributed by atoms with Gasteiger partial charge in [-0.3, -0.25) is 0 Å². The summed E-state index contributed by atoms with van der Waals surface area (Å²) in [7, 11) is 0. The highest BCUT2D eigenvalue weighted by atomic mass is 15.2. The highest BCUT2D eigenvalue weighted by Gasteiger charge is 2.29. The molecule has 120 valence electrons. The predicted octanol–water partition coefficient (Wildman–Crippen LogP) is 5.40. The van der Waals surface area contributed by atoms with Crippen molar-refractivity contribution in [2.24, 2.45) is 16.1 Å². The van der Waals surface area contributed by atoms with E-state index in [1.807, 2.05) is 0 Å². The number of rotatable bonds is 2. The second-order valence-corrected chi connectivity index (χ2v) is 6.52. The summed E-state index contributed by atoms with van der Waals surface area (Å²) >= 11 is 0. The third kappa shape index (κ3) is 2.96. The quantitative estimate of drug-likeness (QED) is 0.709. The summed E-state index contributed by atoms with van der Waals surface area (Å²) in [5.74, 6) is 0.361. The van der Waals surface area contributed by atoms with E-state index < -0.39 is 0 Å². The molecule has 1 heterocycles. The van der Waals surface area contributed by atoms with Crippen LogP contribution in [0.3, 0.4) is 0 Å². The summed E-state index contributed by atoms with van der Waals surface area (Å²) in [5.41, 5.74) is 5.93. The van der Waals surface area contributed by atoms with Crippen molar-refractivity contribution < 1.29 is 0 Å². The van der Waals surface area contributed by atoms with Crippen molar-refractivity contribution in [1.82, 2.24) is 0 Å². The Morgan fingerprint density at radius 1 is 0.708 bits per heavy atom. The number of fused-ring (bicyclic) bond motifs is 1. The van der Waals surface area contributed by atoms with Crippen molar-refractivity contribution in [2.75, 3.05) is 0 Å². The molecule has 1 aliphatic carbocycles. The highest BCUT2D eigenvalue weighted by molar-refractivity contribution is 6.20. The molecule has 0 bridgehead atoms. The van der Waals surface area contributed by atoms with E-state index in [9.17, 15) is 0 Å². The van der Waals surface area contributed by atoms with Gasteiger partial charge in [-0.15, -0.1) is 5.10 Å². The van der Waals surface area contributed by atoms with Crippen molar-refractivity contribution >= 4 is 11.4 Å². The standard InChI is InChI=1S/C22H22N2/c1-2-10-16-20-19(15-9-1)21(17-11-5-3-6-12-17)23-24-22(20)18-13-7-4-8-14-18/h3-8,11-15,20H,1-2,9-10,16H2. The fraction of sp³-hybridized carbons (Fsp3) is 0.273. The lowest BCUT2D eigenvalue weighted by molar-refractivity contribution is 0.586. The molecule has 2 heteroatoms. The number of hydrogen-bond donors (Lipinski definition) is 0. The first-order chi connectivity index (χ1) is 11.9. The lowest BCUT2D eigenvalue weighted by atomic mass is 9.79. The molecular formula is C22H22N2. The SMILES string of the molecule is C1=C2C(c3ccccc3)=NN=C(c3ccccc3)C2CCCCC1. The van der Waals surface area contributed by atoms with Gasteiger partial charge in [-0.25, -0.2) is 0 Å². The van der Waals surface area contributed by atoms with E-state index in [1.165, 1.54) is 36.0 Å². The molecule has 0 fully saturated rings. The van der Waals surface area contributed by atoms with Gasteiger partial charge >= 0.3 is 0 Å². The summed E-state index contributed by atoms with van der Waals surface area (Å²) in [4.78, 5) is 0. The summed E-state index contributed by atoms with van der Waals surface area (Å²) < 4.78 is 0. The van der Waals surface area contributed by atoms with Crippen LogP contribution in [0.2, 0.25) is 0 Å². The number of hydrogen-bond acceptors (Lipinski definition) is 2. The number of benzene rings is 2. The highest BCUT2D eigenvalue weighted by Crippen LogP contribution is 2.33. The van der Waals surface area contributed by atoms with E-state index in [0.29, 0.717) is 5.92 Å². The average Bonchev–Trinajstić information content (AvgIpc) is 2.63. The molecule has 4 rings (SSSR count). The Morgan fingerprint density at radius 3 is 2.17 bits per heavy atom. The molecule has 0 spiro atoms. The van der Waals surface area contributed by atoms with Crippen LogP contribution in [0.1, 0.15) is 43.2 Å². The Kier molecular flexibility index (Phi) is 4.37. The van der Waals surface area contributed by atoms with Crippen LogP contribution >= 0.6 is 0 Å². The first-order valence-corrected chi connectivity index (χ1v) is 8.90. The monoisotopic (exact) mass is 314 g/mol. The minimum absolute atomic E-state index is 0.361. The molecule has 24 heavy (non-hydrogen) atoms. The van der Waals surface area contributed by atoms with Crippen molar-refractivity contribution in [1.29, 1.82) is 0 Å². The van der Waals surface area contributed by atoms with Gasteiger partial charge in [0.2, 0.25) is 0 Å².